The quantitative estimate of drug-likeness (QED) is 0.868. The molecule has 0 bridgehead atoms. The lowest BCUT2D eigenvalue weighted by Crippen LogP contribution is -2.22. The molecule has 1 aromatic heterocycles. The average molecular weight is 260 g/mol. The molecule has 4 nitrogen and oxygen atoms in total. The van der Waals surface area contributed by atoms with Gasteiger partial charge in [-0.25, -0.2) is 0 Å². The lowest BCUT2D eigenvalue weighted by molar-refractivity contribution is 0.272. The number of ether oxygens (including phenoxy) is 1. The average Bonchev–Trinajstić information content (AvgIpc) is 2.43. The topological polar surface area (TPSA) is 54.4 Å². The van der Waals surface area contributed by atoms with E-state index < -0.39 is 0 Å². The van der Waals surface area contributed by atoms with Crippen molar-refractivity contribution in [2.75, 3.05) is 19.0 Å². The van der Waals surface area contributed by atoms with Gasteiger partial charge >= 0.3 is 0 Å². The summed E-state index contributed by atoms with van der Waals surface area (Å²) in [7, 11) is 1.65. The molecule has 4 heteroatoms. The van der Waals surface area contributed by atoms with E-state index in [9.17, 15) is 5.11 Å². The first-order valence-electron chi connectivity index (χ1n) is 6.50. The number of nitrogens with zero attached hydrogens (tertiary/aromatic N) is 1. The second-order valence-electron chi connectivity index (χ2n) is 4.63. The largest absolute Gasteiger partial charge is 0.497 e. The molecule has 0 aliphatic heterocycles. The Morgan fingerprint density at radius 1 is 1.37 bits per heavy atom. The minimum absolute atomic E-state index is 0.0621. The van der Waals surface area contributed by atoms with Crippen molar-refractivity contribution >= 4 is 16.6 Å². The Morgan fingerprint density at radius 3 is 2.79 bits per heavy atom. The summed E-state index contributed by atoms with van der Waals surface area (Å²) in [4.78, 5) is 4.52. The van der Waals surface area contributed by atoms with Crippen molar-refractivity contribution in [1.82, 2.24) is 4.98 Å². The van der Waals surface area contributed by atoms with Crippen molar-refractivity contribution in [1.29, 1.82) is 0 Å². The van der Waals surface area contributed by atoms with Crippen LogP contribution in [0, 0.1) is 6.92 Å². The molecule has 102 valence electrons. The molecule has 0 amide bonds. The monoisotopic (exact) mass is 260 g/mol. The molecule has 19 heavy (non-hydrogen) atoms. The molecular weight excluding hydrogens is 240 g/mol. The van der Waals surface area contributed by atoms with Crippen LogP contribution in [0.5, 0.6) is 5.75 Å². The minimum atomic E-state index is 0.0621. The van der Waals surface area contributed by atoms with Crippen LogP contribution in [0.2, 0.25) is 0 Å². The number of aromatic nitrogens is 1. The third-order valence-corrected chi connectivity index (χ3v) is 3.22. The highest BCUT2D eigenvalue weighted by Gasteiger charge is 2.09. The third kappa shape index (κ3) is 2.96. The van der Waals surface area contributed by atoms with Gasteiger partial charge in [-0.1, -0.05) is 6.92 Å². The molecule has 2 rings (SSSR count). The maximum atomic E-state index is 9.31. The molecule has 1 aromatic carbocycles. The number of hydrogen-bond donors (Lipinski definition) is 2. The van der Waals surface area contributed by atoms with E-state index >= 15 is 0 Å². The van der Waals surface area contributed by atoms with Crippen molar-refractivity contribution in [3.05, 3.63) is 30.0 Å². The van der Waals surface area contributed by atoms with E-state index in [1.54, 1.807) is 7.11 Å². The Kier molecular flexibility index (Phi) is 4.22. The molecule has 0 spiro atoms. The van der Waals surface area contributed by atoms with Gasteiger partial charge in [-0.05, 0) is 31.5 Å². The van der Waals surface area contributed by atoms with E-state index in [1.807, 2.05) is 38.1 Å². The first kappa shape index (κ1) is 13.6. The smallest absolute Gasteiger partial charge is 0.121 e. The van der Waals surface area contributed by atoms with Crippen LogP contribution in [0.1, 0.15) is 19.0 Å². The Balaban J connectivity index is 2.47. The third-order valence-electron chi connectivity index (χ3n) is 3.22. The Hall–Kier alpha value is -1.81. The lowest BCUT2D eigenvalue weighted by atomic mass is 10.1. The standard InChI is InChI=1S/C15H20N2O2/c1-4-11(9-18)17-14-7-10(2)16-15-8-12(19-3)5-6-13(14)15/h5-8,11,18H,4,9H2,1-3H3,(H,16,17). The summed E-state index contributed by atoms with van der Waals surface area (Å²) in [5.41, 5.74) is 2.84. The fraction of sp³-hybridized carbons (Fsp3) is 0.400. The Morgan fingerprint density at radius 2 is 2.16 bits per heavy atom. The number of pyridine rings is 1. The molecule has 0 aliphatic carbocycles. The second-order valence-corrected chi connectivity index (χ2v) is 4.63. The molecule has 1 unspecified atom stereocenters. The van der Waals surface area contributed by atoms with Crippen LogP contribution in [0.3, 0.4) is 0 Å². The van der Waals surface area contributed by atoms with Gasteiger partial charge in [0.15, 0.2) is 0 Å². The highest BCUT2D eigenvalue weighted by atomic mass is 16.5. The predicted octanol–water partition coefficient (Wildman–Crippen LogP) is 2.73. The number of hydrogen-bond acceptors (Lipinski definition) is 4. The Bertz CT molecular complexity index is 565. The molecule has 1 heterocycles. The number of rotatable bonds is 5. The van der Waals surface area contributed by atoms with Crippen molar-refractivity contribution in [2.45, 2.75) is 26.3 Å². The van der Waals surface area contributed by atoms with Gasteiger partial charge in [0.05, 0.1) is 19.2 Å². The number of aliphatic hydroxyl groups excluding tert-OH is 1. The van der Waals surface area contributed by atoms with E-state index in [4.69, 9.17) is 4.74 Å². The van der Waals surface area contributed by atoms with Crippen molar-refractivity contribution in [2.24, 2.45) is 0 Å². The van der Waals surface area contributed by atoms with Crippen LogP contribution in [0.4, 0.5) is 5.69 Å². The summed E-state index contributed by atoms with van der Waals surface area (Å²) < 4.78 is 5.23. The fourth-order valence-corrected chi connectivity index (χ4v) is 2.08. The van der Waals surface area contributed by atoms with Crippen LogP contribution >= 0.6 is 0 Å². The van der Waals surface area contributed by atoms with E-state index in [0.29, 0.717) is 0 Å². The first-order valence-corrected chi connectivity index (χ1v) is 6.50. The van der Waals surface area contributed by atoms with Gasteiger partial charge in [-0.15, -0.1) is 0 Å². The molecular formula is C15H20N2O2. The molecule has 0 aliphatic rings. The molecule has 0 radical (unpaired) electrons. The zero-order valence-electron chi connectivity index (χ0n) is 11.6. The van der Waals surface area contributed by atoms with Crippen LogP contribution < -0.4 is 10.1 Å². The van der Waals surface area contributed by atoms with Crippen molar-refractivity contribution < 1.29 is 9.84 Å². The van der Waals surface area contributed by atoms with Gasteiger partial charge < -0.3 is 15.2 Å². The second kappa shape index (κ2) is 5.89. The highest BCUT2D eigenvalue weighted by Crippen LogP contribution is 2.27. The van der Waals surface area contributed by atoms with Gasteiger partial charge in [0.2, 0.25) is 0 Å². The Labute approximate surface area is 113 Å². The number of aliphatic hydroxyl groups is 1. The molecule has 0 saturated carbocycles. The zero-order valence-corrected chi connectivity index (χ0v) is 11.6. The number of benzene rings is 1. The molecule has 2 N–H and O–H groups in total. The molecule has 1 atom stereocenters. The van der Waals surface area contributed by atoms with Crippen molar-refractivity contribution in [3.8, 4) is 5.75 Å². The molecule has 0 fully saturated rings. The van der Waals surface area contributed by atoms with Gasteiger partial charge in [0.25, 0.3) is 0 Å². The minimum Gasteiger partial charge on any atom is -0.497 e. The first-order chi connectivity index (χ1) is 9.17. The predicted molar refractivity (Wildman–Crippen MR) is 77.8 cm³/mol. The molecule has 0 saturated heterocycles. The highest BCUT2D eigenvalue weighted by molar-refractivity contribution is 5.92. The maximum Gasteiger partial charge on any atom is 0.121 e. The zero-order chi connectivity index (χ0) is 13.8. The number of methoxy groups -OCH3 is 1. The van der Waals surface area contributed by atoms with Crippen LogP contribution in [0.15, 0.2) is 24.3 Å². The summed E-state index contributed by atoms with van der Waals surface area (Å²) in [6, 6.07) is 7.91. The number of aryl methyl sites for hydroxylation is 1. The van der Waals surface area contributed by atoms with E-state index in [2.05, 4.69) is 10.3 Å². The fourth-order valence-electron chi connectivity index (χ4n) is 2.08. The lowest BCUT2D eigenvalue weighted by Gasteiger charge is -2.18. The van der Waals surface area contributed by atoms with Gasteiger partial charge in [-0.2, -0.15) is 0 Å². The SMILES string of the molecule is CCC(CO)Nc1cc(C)nc2cc(OC)ccc12. The summed E-state index contributed by atoms with van der Waals surface area (Å²) in [5, 5.41) is 13.7. The summed E-state index contributed by atoms with van der Waals surface area (Å²) in [5.74, 6) is 0.797. The van der Waals surface area contributed by atoms with Gasteiger partial charge in [-0.3, -0.25) is 4.98 Å². The van der Waals surface area contributed by atoms with E-state index in [0.717, 1.165) is 34.5 Å². The summed E-state index contributed by atoms with van der Waals surface area (Å²) in [6.45, 7) is 4.13. The summed E-state index contributed by atoms with van der Waals surface area (Å²) >= 11 is 0. The van der Waals surface area contributed by atoms with Crippen LogP contribution in [-0.2, 0) is 0 Å². The van der Waals surface area contributed by atoms with Crippen molar-refractivity contribution in [3.63, 3.8) is 0 Å². The van der Waals surface area contributed by atoms with Crippen LogP contribution in [0.25, 0.3) is 10.9 Å². The normalized spacial score (nSPS) is 12.4. The number of nitrogens with one attached hydrogen (secondary N) is 1. The molecule has 2 aromatic rings. The summed E-state index contributed by atoms with van der Waals surface area (Å²) in [6.07, 6.45) is 0.871. The number of anilines is 1. The maximum absolute atomic E-state index is 9.31. The van der Waals surface area contributed by atoms with E-state index in [-0.39, 0.29) is 12.6 Å². The van der Waals surface area contributed by atoms with Gasteiger partial charge in [0.1, 0.15) is 5.75 Å². The van der Waals surface area contributed by atoms with Gasteiger partial charge in [0, 0.05) is 28.9 Å². The van der Waals surface area contributed by atoms with E-state index in [1.165, 1.54) is 0 Å². The number of fused-ring (bicyclic) bond motifs is 1. The van der Waals surface area contributed by atoms with Crippen LogP contribution in [-0.4, -0.2) is 29.8 Å².